The first kappa shape index (κ1) is 27.4. The van der Waals surface area contributed by atoms with Crippen molar-refractivity contribution in [3.05, 3.63) is 83.4 Å². The number of carbonyl (C=O) groups excluding carboxylic acids is 1. The van der Waals surface area contributed by atoms with Crippen molar-refractivity contribution in [3.8, 4) is 17.2 Å². The molecule has 0 bridgehead atoms. The molecule has 0 saturated carbocycles. The van der Waals surface area contributed by atoms with Gasteiger partial charge in [0, 0.05) is 23.7 Å². The second kappa shape index (κ2) is 11.0. The normalized spacial score (nSPS) is 18.1. The highest BCUT2D eigenvalue weighted by molar-refractivity contribution is 7.89. The predicted octanol–water partition coefficient (Wildman–Crippen LogP) is 3.23. The van der Waals surface area contributed by atoms with Crippen molar-refractivity contribution >= 4 is 15.9 Å². The standard InChI is InChI=1S/C28H32N2O7S/c1-28(2)26(31)25(30-38(33,34)20-11-13-23(35-3)24(17-20)36-4)21-16-19(10-12-22(21)37-28)27(32)29-15-14-18-8-6-5-7-9-18/h5-13,16-17,25-26,30-31H,14-15H2,1-4H3,(H,29,32)/t25-,26+/m1/s1. The molecule has 0 aliphatic carbocycles. The molecule has 3 aromatic rings. The van der Waals surface area contributed by atoms with Crippen LogP contribution in [0.3, 0.4) is 0 Å². The Balaban J connectivity index is 1.60. The van der Waals surface area contributed by atoms with Crippen LogP contribution in [-0.2, 0) is 16.4 Å². The summed E-state index contributed by atoms with van der Waals surface area (Å²) in [7, 11) is -1.26. The van der Waals surface area contributed by atoms with E-state index in [0.717, 1.165) is 5.56 Å². The SMILES string of the molecule is COc1ccc(S(=O)(=O)N[C@@H]2c3cc(C(=O)NCCc4ccccc4)ccc3OC(C)(C)[C@H]2O)cc1OC. The molecule has 10 heteroatoms. The zero-order valence-electron chi connectivity index (χ0n) is 21.7. The third-order valence-corrected chi connectivity index (χ3v) is 7.94. The number of aliphatic hydroxyl groups is 1. The van der Waals surface area contributed by atoms with Crippen LogP contribution in [0.25, 0.3) is 0 Å². The first-order chi connectivity index (χ1) is 18.1. The van der Waals surface area contributed by atoms with Gasteiger partial charge in [0.1, 0.15) is 17.5 Å². The van der Waals surface area contributed by atoms with Crippen LogP contribution in [-0.4, -0.2) is 51.9 Å². The van der Waals surface area contributed by atoms with Gasteiger partial charge in [0.25, 0.3) is 5.91 Å². The maximum Gasteiger partial charge on any atom is 0.251 e. The lowest BCUT2D eigenvalue weighted by Crippen LogP contribution is -2.53. The van der Waals surface area contributed by atoms with Crippen LogP contribution >= 0.6 is 0 Å². The number of sulfonamides is 1. The molecule has 1 heterocycles. The van der Waals surface area contributed by atoms with E-state index in [0.29, 0.717) is 35.6 Å². The fourth-order valence-electron chi connectivity index (χ4n) is 4.35. The lowest BCUT2D eigenvalue weighted by molar-refractivity contribution is -0.0603. The van der Waals surface area contributed by atoms with E-state index in [-0.39, 0.29) is 16.6 Å². The van der Waals surface area contributed by atoms with Gasteiger partial charge in [0.05, 0.1) is 25.2 Å². The number of nitrogens with one attached hydrogen (secondary N) is 2. The van der Waals surface area contributed by atoms with Gasteiger partial charge in [-0.3, -0.25) is 4.79 Å². The average molecular weight is 541 g/mol. The Kier molecular flexibility index (Phi) is 7.96. The Morgan fingerprint density at radius 3 is 2.39 bits per heavy atom. The lowest BCUT2D eigenvalue weighted by atomic mass is 9.86. The van der Waals surface area contributed by atoms with Crippen LogP contribution in [0.1, 0.15) is 41.4 Å². The van der Waals surface area contributed by atoms with Crippen molar-refractivity contribution in [2.45, 2.75) is 42.9 Å². The zero-order chi connectivity index (χ0) is 27.5. The number of benzene rings is 3. The van der Waals surface area contributed by atoms with E-state index in [9.17, 15) is 18.3 Å². The molecule has 0 spiro atoms. The number of aliphatic hydroxyl groups excluding tert-OH is 1. The highest BCUT2D eigenvalue weighted by Gasteiger charge is 2.45. The summed E-state index contributed by atoms with van der Waals surface area (Å²) >= 11 is 0. The molecule has 1 aliphatic rings. The molecule has 2 atom stereocenters. The third kappa shape index (κ3) is 5.77. The molecule has 0 radical (unpaired) electrons. The van der Waals surface area contributed by atoms with Crippen LogP contribution in [0, 0.1) is 0 Å². The van der Waals surface area contributed by atoms with E-state index in [1.807, 2.05) is 30.3 Å². The van der Waals surface area contributed by atoms with Crippen LogP contribution < -0.4 is 24.2 Å². The zero-order valence-corrected chi connectivity index (χ0v) is 22.5. The van der Waals surface area contributed by atoms with Crippen molar-refractivity contribution in [2.75, 3.05) is 20.8 Å². The second-order valence-electron chi connectivity index (χ2n) is 9.51. The number of hydrogen-bond donors (Lipinski definition) is 3. The van der Waals surface area contributed by atoms with Crippen molar-refractivity contribution in [1.29, 1.82) is 0 Å². The van der Waals surface area contributed by atoms with Gasteiger partial charge in [-0.15, -0.1) is 0 Å². The fraction of sp³-hybridized carbons (Fsp3) is 0.321. The van der Waals surface area contributed by atoms with Gasteiger partial charge >= 0.3 is 0 Å². The number of hydrogen-bond acceptors (Lipinski definition) is 7. The Bertz CT molecular complexity index is 1410. The highest BCUT2D eigenvalue weighted by Crippen LogP contribution is 2.41. The van der Waals surface area contributed by atoms with Gasteiger partial charge < -0.3 is 24.6 Å². The number of fused-ring (bicyclic) bond motifs is 1. The quantitative estimate of drug-likeness (QED) is 0.381. The molecule has 9 nitrogen and oxygen atoms in total. The first-order valence-electron chi connectivity index (χ1n) is 12.1. The van der Waals surface area contributed by atoms with Crippen LogP contribution in [0.15, 0.2) is 71.6 Å². The second-order valence-corrected chi connectivity index (χ2v) is 11.2. The Hall–Kier alpha value is -3.60. The topological polar surface area (TPSA) is 123 Å². The monoisotopic (exact) mass is 540 g/mol. The number of carbonyl (C=O) groups is 1. The molecule has 3 aromatic carbocycles. The highest BCUT2D eigenvalue weighted by atomic mass is 32.2. The average Bonchev–Trinajstić information content (AvgIpc) is 2.91. The molecular weight excluding hydrogens is 508 g/mol. The van der Waals surface area contributed by atoms with Crippen molar-refractivity contribution in [2.24, 2.45) is 0 Å². The Labute approximate surface area is 222 Å². The van der Waals surface area contributed by atoms with E-state index >= 15 is 0 Å². The first-order valence-corrected chi connectivity index (χ1v) is 13.6. The number of methoxy groups -OCH3 is 2. The summed E-state index contributed by atoms with van der Waals surface area (Å²) in [6, 6.07) is 17.7. The van der Waals surface area contributed by atoms with Crippen LogP contribution in [0.4, 0.5) is 0 Å². The minimum absolute atomic E-state index is 0.0667. The van der Waals surface area contributed by atoms with Crippen LogP contribution in [0.2, 0.25) is 0 Å². The summed E-state index contributed by atoms with van der Waals surface area (Å²) in [5.41, 5.74) is 0.679. The Morgan fingerprint density at radius 2 is 1.71 bits per heavy atom. The number of ether oxygens (including phenoxy) is 3. The van der Waals surface area contributed by atoms with Gasteiger partial charge in [-0.1, -0.05) is 30.3 Å². The minimum atomic E-state index is -4.12. The molecule has 4 rings (SSSR count). The molecule has 202 valence electrons. The van der Waals surface area contributed by atoms with E-state index in [2.05, 4.69) is 10.0 Å². The van der Waals surface area contributed by atoms with E-state index < -0.39 is 27.8 Å². The summed E-state index contributed by atoms with van der Waals surface area (Å²) in [5.74, 6) is 0.690. The predicted molar refractivity (Wildman–Crippen MR) is 142 cm³/mol. The number of rotatable bonds is 9. The molecule has 0 saturated heterocycles. The summed E-state index contributed by atoms with van der Waals surface area (Å²) < 4.78 is 45.8. The third-order valence-electron chi connectivity index (χ3n) is 6.50. The van der Waals surface area contributed by atoms with Crippen LogP contribution in [0.5, 0.6) is 17.2 Å². The lowest BCUT2D eigenvalue weighted by Gasteiger charge is -2.42. The smallest absolute Gasteiger partial charge is 0.251 e. The molecule has 38 heavy (non-hydrogen) atoms. The van der Waals surface area contributed by atoms with Gasteiger partial charge in [-0.2, -0.15) is 0 Å². The van der Waals surface area contributed by atoms with Gasteiger partial charge in [0.2, 0.25) is 10.0 Å². The largest absolute Gasteiger partial charge is 0.493 e. The van der Waals surface area contributed by atoms with Gasteiger partial charge in [0.15, 0.2) is 11.5 Å². The van der Waals surface area contributed by atoms with E-state index in [1.165, 1.54) is 32.4 Å². The van der Waals surface area contributed by atoms with Gasteiger partial charge in [-0.05, 0) is 56.2 Å². The van der Waals surface area contributed by atoms with Crippen molar-refractivity contribution < 1.29 is 32.5 Å². The maximum atomic E-state index is 13.4. The maximum absolute atomic E-state index is 13.4. The van der Waals surface area contributed by atoms with Crippen molar-refractivity contribution in [1.82, 2.24) is 10.0 Å². The summed E-state index contributed by atoms with van der Waals surface area (Å²) in [6.45, 7) is 3.77. The summed E-state index contributed by atoms with van der Waals surface area (Å²) in [4.78, 5) is 12.8. The molecule has 0 unspecified atom stereocenters. The van der Waals surface area contributed by atoms with Crippen molar-refractivity contribution in [3.63, 3.8) is 0 Å². The molecule has 0 fully saturated rings. The summed E-state index contributed by atoms with van der Waals surface area (Å²) in [5, 5.41) is 14.0. The van der Waals surface area contributed by atoms with E-state index in [4.69, 9.17) is 14.2 Å². The fourth-order valence-corrected chi connectivity index (χ4v) is 5.59. The molecule has 1 aliphatic heterocycles. The summed E-state index contributed by atoms with van der Waals surface area (Å²) in [6.07, 6.45) is -0.581. The van der Waals surface area contributed by atoms with E-state index in [1.54, 1.807) is 32.0 Å². The molecule has 1 amide bonds. The molecular formula is C28H32N2O7S. The Morgan fingerprint density at radius 1 is 1.00 bits per heavy atom. The molecule has 0 aromatic heterocycles. The number of amides is 1. The molecule has 3 N–H and O–H groups in total. The van der Waals surface area contributed by atoms with Gasteiger partial charge in [-0.25, -0.2) is 13.1 Å². The minimum Gasteiger partial charge on any atom is -0.493 e.